The van der Waals surface area contributed by atoms with Crippen LogP contribution in [0, 0.1) is 0 Å². The molecule has 132 valence electrons. The molecule has 0 aliphatic heterocycles. The number of methoxy groups -OCH3 is 1. The molecule has 2 aromatic rings. The fourth-order valence-corrected chi connectivity index (χ4v) is 3.45. The Morgan fingerprint density at radius 2 is 2.04 bits per heavy atom. The molecule has 0 radical (unpaired) electrons. The van der Waals surface area contributed by atoms with Crippen molar-refractivity contribution in [1.82, 2.24) is 10.2 Å². The predicted octanol–water partition coefficient (Wildman–Crippen LogP) is 4.18. The van der Waals surface area contributed by atoms with Crippen LogP contribution in [0.15, 0.2) is 45.9 Å². The van der Waals surface area contributed by atoms with E-state index in [-0.39, 0.29) is 6.04 Å². The van der Waals surface area contributed by atoms with E-state index in [1.165, 1.54) is 5.56 Å². The Balaban J connectivity index is 2.00. The predicted molar refractivity (Wildman–Crippen MR) is 101 cm³/mol. The number of ether oxygens (including phenoxy) is 1. The lowest BCUT2D eigenvalue weighted by Crippen LogP contribution is -2.35. The Morgan fingerprint density at radius 3 is 2.62 bits per heavy atom. The number of furan rings is 1. The molecule has 1 unspecified atom stereocenters. The van der Waals surface area contributed by atoms with Crippen molar-refractivity contribution >= 4 is 11.8 Å². The monoisotopic (exact) mass is 348 g/mol. The Morgan fingerprint density at radius 1 is 1.25 bits per heavy atom. The zero-order valence-corrected chi connectivity index (χ0v) is 15.9. The number of benzene rings is 1. The van der Waals surface area contributed by atoms with Crippen molar-refractivity contribution in [1.29, 1.82) is 0 Å². The quantitative estimate of drug-likeness (QED) is 0.652. The molecule has 5 heteroatoms. The Hall–Kier alpha value is -1.43. The summed E-state index contributed by atoms with van der Waals surface area (Å²) in [4.78, 5) is 3.57. The molecule has 0 saturated carbocycles. The van der Waals surface area contributed by atoms with Crippen molar-refractivity contribution in [3.63, 3.8) is 0 Å². The van der Waals surface area contributed by atoms with Crippen LogP contribution in [0.2, 0.25) is 0 Å². The van der Waals surface area contributed by atoms with Crippen molar-refractivity contribution in [2.75, 3.05) is 33.0 Å². The van der Waals surface area contributed by atoms with Crippen LogP contribution in [0.5, 0.6) is 5.75 Å². The molecule has 0 amide bonds. The van der Waals surface area contributed by atoms with E-state index in [0.717, 1.165) is 42.6 Å². The van der Waals surface area contributed by atoms with E-state index >= 15 is 0 Å². The van der Waals surface area contributed by atoms with Crippen LogP contribution in [0.25, 0.3) is 0 Å². The third-order valence-corrected chi connectivity index (χ3v) is 5.02. The second-order valence-electron chi connectivity index (χ2n) is 5.57. The highest BCUT2D eigenvalue weighted by Crippen LogP contribution is 2.28. The van der Waals surface area contributed by atoms with Crippen LogP contribution in [-0.4, -0.2) is 37.9 Å². The Kier molecular flexibility index (Phi) is 7.69. The third kappa shape index (κ3) is 4.79. The summed E-state index contributed by atoms with van der Waals surface area (Å²) in [5.74, 6) is 1.95. The van der Waals surface area contributed by atoms with Gasteiger partial charge in [0.25, 0.3) is 0 Å². The summed E-state index contributed by atoms with van der Waals surface area (Å²) < 4.78 is 11.1. The second-order valence-corrected chi connectivity index (χ2v) is 6.42. The first-order valence-electron chi connectivity index (χ1n) is 8.42. The molecule has 0 bridgehead atoms. The molecule has 24 heavy (non-hydrogen) atoms. The van der Waals surface area contributed by atoms with Crippen LogP contribution >= 0.6 is 11.8 Å². The molecule has 0 aliphatic carbocycles. The van der Waals surface area contributed by atoms with Gasteiger partial charge in [-0.1, -0.05) is 19.9 Å². The highest BCUT2D eigenvalue weighted by Gasteiger charge is 2.20. The van der Waals surface area contributed by atoms with Gasteiger partial charge in [-0.2, -0.15) is 0 Å². The minimum absolute atomic E-state index is 0.252. The Labute approximate surface area is 149 Å². The molecule has 0 saturated heterocycles. The van der Waals surface area contributed by atoms with E-state index in [2.05, 4.69) is 54.6 Å². The van der Waals surface area contributed by atoms with Crippen LogP contribution < -0.4 is 10.1 Å². The van der Waals surface area contributed by atoms with Gasteiger partial charge in [-0.3, -0.25) is 4.90 Å². The molecule has 0 spiro atoms. The number of likely N-dealkylation sites (N-methyl/N-ethyl adjacent to an activating group) is 1. The maximum atomic E-state index is 5.65. The normalized spacial score (nSPS) is 12.5. The molecule has 1 aromatic carbocycles. The van der Waals surface area contributed by atoms with Gasteiger partial charge in [-0.15, -0.1) is 11.8 Å². The van der Waals surface area contributed by atoms with Crippen molar-refractivity contribution in [3.8, 4) is 5.75 Å². The summed E-state index contributed by atoms with van der Waals surface area (Å²) in [5.41, 5.74) is 1.22. The first-order valence-corrected chi connectivity index (χ1v) is 9.65. The number of hydrogen-bond donors (Lipinski definition) is 1. The number of hydrogen-bond acceptors (Lipinski definition) is 5. The van der Waals surface area contributed by atoms with Crippen LogP contribution in [-0.2, 0) is 6.54 Å². The minimum Gasteiger partial charge on any atom is -0.496 e. The first-order chi connectivity index (χ1) is 11.7. The van der Waals surface area contributed by atoms with E-state index in [1.54, 1.807) is 25.1 Å². The number of nitrogens with zero attached hydrogens (tertiary/aromatic N) is 1. The van der Waals surface area contributed by atoms with Crippen molar-refractivity contribution < 1.29 is 9.15 Å². The van der Waals surface area contributed by atoms with Gasteiger partial charge in [-0.05, 0) is 49.2 Å². The summed E-state index contributed by atoms with van der Waals surface area (Å²) in [6.07, 6.45) is 3.81. The zero-order valence-electron chi connectivity index (χ0n) is 15.0. The molecule has 1 N–H and O–H groups in total. The maximum absolute atomic E-state index is 5.65. The molecule has 2 rings (SSSR count). The molecule has 4 nitrogen and oxygen atoms in total. The van der Waals surface area contributed by atoms with Gasteiger partial charge < -0.3 is 14.5 Å². The minimum atomic E-state index is 0.252. The van der Waals surface area contributed by atoms with Gasteiger partial charge >= 0.3 is 0 Å². The smallest absolute Gasteiger partial charge is 0.132 e. The number of nitrogens with one attached hydrogen (secondary N) is 1. The topological polar surface area (TPSA) is 37.6 Å². The number of thioether (sulfide) groups is 1. The van der Waals surface area contributed by atoms with Gasteiger partial charge in [0.05, 0.1) is 19.4 Å². The summed E-state index contributed by atoms with van der Waals surface area (Å²) in [6.45, 7) is 8.03. The molecular weight excluding hydrogens is 320 g/mol. The maximum Gasteiger partial charge on any atom is 0.132 e. The van der Waals surface area contributed by atoms with Crippen LogP contribution in [0.4, 0.5) is 0 Å². The fraction of sp³-hybridized carbons (Fsp3) is 0.474. The van der Waals surface area contributed by atoms with E-state index in [4.69, 9.17) is 9.15 Å². The van der Waals surface area contributed by atoms with Crippen LogP contribution in [0.3, 0.4) is 0 Å². The van der Waals surface area contributed by atoms with Gasteiger partial charge in [0.15, 0.2) is 0 Å². The van der Waals surface area contributed by atoms with Crippen molar-refractivity contribution in [3.05, 3.63) is 47.9 Å². The van der Waals surface area contributed by atoms with E-state index in [0.29, 0.717) is 0 Å². The molecular formula is C19H28N2O2S. The van der Waals surface area contributed by atoms with E-state index in [1.807, 2.05) is 6.07 Å². The lowest BCUT2D eigenvalue weighted by atomic mass is 10.1. The van der Waals surface area contributed by atoms with Crippen molar-refractivity contribution in [2.45, 2.75) is 31.3 Å². The fourth-order valence-electron chi connectivity index (χ4n) is 2.90. The largest absolute Gasteiger partial charge is 0.496 e. The molecule has 0 fully saturated rings. The number of rotatable bonds is 10. The lowest BCUT2D eigenvalue weighted by molar-refractivity contribution is 0.188. The van der Waals surface area contributed by atoms with Crippen LogP contribution in [0.1, 0.15) is 31.2 Å². The third-order valence-electron chi connectivity index (χ3n) is 4.24. The zero-order chi connectivity index (χ0) is 17.4. The first kappa shape index (κ1) is 18.9. The summed E-state index contributed by atoms with van der Waals surface area (Å²) >= 11 is 1.70. The molecule has 1 aromatic heterocycles. The summed E-state index contributed by atoms with van der Waals surface area (Å²) in [6, 6.07) is 10.6. The van der Waals surface area contributed by atoms with E-state index < -0.39 is 0 Å². The molecule has 1 heterocycles. The Bertz CT molecular complexity index is 597. The van der Waals surface area contributed by atoms with E-state index in [9.17, 15) is 0 Å². The average molecular weight is 349 g/mol. The van der Waals surface area contributed by atoms with Gasteiger partial charge in [-0.25, -0.2) is 0 Å². The average Bonchev–Trinajstić information content (AvgIpc) is 3.15. The SMILES string of the molecule is CCN(CC)C(CNCc1ccc(SC)c(OC)c1)c1ccco1. The summed E-state index contributed by atoms with van der Waals surface area (Å²) in [7, 11) is 1.72. The second kappa shape index (κ2) is 9.77. The van der Waals surface area contributed by atoms with Gasteiger partial charge in [0, 0.05) is 18.0 Å². The molecule has 1 atom stereocenters. The summed E-state index contributed by atoms with van der Waals surface area (Å²) in [5, 5.41) is 3.56. The molecule has 0 aliphatic rings. The standard InChI is InChI=1S/C19H28N2O2S/c1-5-21(6-2)16(17-8-7-11-23-17)14-20-13-15-9-10-19(24-4)18(12-15)22-3/h7-12,16,20H,5-6,13-14H2,1-4H3. The van der Waals surface area contributed by atoms with Crippen molar-refractivity contribution in [2.24, 2.45) is 0 Å². The van der Waals surface area contributed by atoms with Gasteiger partial charge in [0.1, 0.15) is 11.5 Å². The highest BCUT2D eigenvalue weighted by atomic mass is 32.2. The highest BCUT2D eigenvalue weighted by molar-refractivity contribution is 7.98. The van der Waals surface area contributed by atoms with Gasteiger partial charge in [0.2, 0.25) is 0 Å². The lowest BCUT2D eigenvalue weighted by Gasteiger charge is -2.28.